The van der Waals surface area contributed by atoms with Crippen molar-refractivity contribution < 1.29 is 0 Å². The van der Waals surface area contributed by atoms with Gasteiger partial charge in [-0.3, -0.25) is 9.78 Å². The monoisotopic (exact) mass is 345 g/mol. The molecule has 2 heterocycles. The summed E-state index contributed by atoms with van der Waals surface area (Å²) < 4.78 is 1.77. The van der Waals surface area contributed by atoms with Crippen molar-refractivity contribution in [2.24, 2.45) is 0 Å². The van der Waals surface area contributed by atoms with Crippen molar-refractivity contribution in [3.8, 4) is 0 Å². The van der Waals surface area contributed by atoms with Crippen LogP contribution in [0.3, 0.4) is 0 Å². The molecule has 0 aliphatic rings. The zero-order valence-corrected chi connectivity index (χ0v) is 14.9. The highest BCUT2D eigenvalue weighted by Crippen LogP contribution is 2.20. The first kappa shape index (κ1) is 16.5. The minimum atomic E-state index is -0.259. The van der Waals surface area contributed by atoms with Crippen LogP contribution in [0.2, 0.25) is 5.02 Å². The third kappa shape index (κ3) is 3.14. The Bertz CT molecular complexity index is 938. The number of aromatic nitrogens is 4. The van der Waals surface area contributed by atoms with Crippen LogP contribution in [0, 0.1) is 0 Å². The summed E-state index contributed by atoms with van der Waals surface area (Å²) in [5.41, 5.74) is 1.17. The summed E-state index contributed by atoms with van der Waals surface area (Å²) in [7, 11) is 1.88. The number of benzene rings is 1. The number of hydrogen-bond acceptors (Lipinski definition) is 4. The average molecular weight is 346 g/mol. The molecule has 0 saturated heterocycles. The standard InChI is InChI=1S/C17H20ClN5O/c1-17(2,3)23-14-13(9-19-23)15(24)21-16(20-14)22(4)10-11-6-5-7-12(18)8-11/h5-9H,10H2,1-4H3,(H,20,21,24). The lowest BCUT2D eigenvalue weighted by atomic mass is 10.1. The van der Waals surface area contributed by atoms with E-state index in [-0.39, 0.29) is 11.1 Å². The van der Waals surface area contributed by atoms with Gasteiger partial charge in [0.25, 0.3) is 5.56 Å². The van der Waals surface area contributed by atoms with Crippen LogP contribution in [0.4, 0.5) is 5.95 Å². The van der Waals surface area contributed by atoms with Crippen molar-refractivity contribution >= 4 is 28.6 Å². The molecule has 0 aliphatic heterocycles. The maximum absolute atomic E-state index is 12.4. The number of rotatable bonds is 3. The quantitative estimate of drug-likeness (QED) is 0.791. The third-order valence-electron chi connectivity index (χ3n) is 3.73. The zero-order valence-electron chi connectivity index (χ0n) is 14.2. The van der Waals surface area contributed by atoms with Gasteiger partial charge in [0.2, 0.25) is 5.95 Å². The molecule has 1 aromatic carbocycles. The lowest BCUT2D eigenvalue weighted by molar-refractivity contribution is 0.366. The van der Waals surface area contributed by atoms with E-state index in [1.807, 2.05) is 57.0 Å². The fraction of sp³-hybridized carbons (Fsp3) is 0.353. The summed E-state index contributed by atoms with van der Waals surface area (Å²) in [6.07, 6.45) is 1.56. The molecular weight excluding hydrogens is 326 g/mol. The van der Waals surface area contributed by atoms with Gasteiger partial charge in [-0.05, 0) is 38.5 Å². The van der Waals surface area contributed by atoms with Crippen LogP contribution in [-0.4, -0.2) is 26.8 Å². The van der Waals surface area contributed by atoms with Gasteiger partial charge in [0.05, 0.1) is 11.7 Å². The maximum Gasteiger partial charge on any atom is 0.263 e. The molecule has 2 aromatic heterocycles. The maximum atomic E-state index is 12.4. The minimum Gasteiger partial charge on any atom is -0.341 e. The highest BCUT2D eigenvalue weighted by atomic mass is 35.5. The van der Waals surface area contributed by atoms with Crippen molar-refractivity contribution in [2.45, 2.75) is 32.9 Å². The van der Waals surface area contributed by atoms with Crippen molar-refractivity contribution in [2.75, 3.05) is 11.9 Å². The van der Waals surface area contributed by atoms with Crippen LogP contribution in [-0.2, 0) is 12.1 Å². The number of nitrogens with one attached hydrogen (secondary N) is 1. The van der Waals surface area contributed by atoms with Crippen molar-refractivity contribution in [1.82, 2.24) is 19.7 Å². The highest BCUT2D eigenvalue weighted by molar-refractivity contribution is 6.30. The molecule has 3 rings (SSSR count). The molecule has 0 atom stereocenters. The molecule has 24 heavy (non-hydrogen) atoms. The summed E-state index contributed by atoms with van der Waals surface area (Å²) in [5.74, 6) is 0.499. The van der Waals surface area contributed by atoms with Gasteiger partial charge >= 0.3 is 0 Å². The number of anilines is 1. The van der Waals surface area contributed by atoms with Gasteiger partial charge in [0.1, 0.15) is 5.39 Å². The third-order valence-corrected chi connectivity index (χ3v) is 3.97. The van der Waals surface area contributed by atoms with Crippen LogP contribution in [0.25, 0.3) is 11.0 Å². The van der Waals surface area contributed by atoms with Crippen LogP contribution in [0.1, 0.15) is 26.3 Å². The summed E-state index contributed by atoms with van der Waals surface area (Å²) in [6, 6.07) is 7.62. The molecule has 6 nitrogen and oxygen atoms in total. The van der Waals surface area contributed by atoms with E-state index in [4.69, 9.17) is 11.6 Å². The molecule has 3 aromatic rings. The Morgan fingerprint density at radius 1 is 1.33 bits per heavy atom. The second-order valence-corrected chi connectivity index (χ2v) is 7.28. The molecule has 126 valence electrons. The number of hydrogen-bond donors (Lipinski definition) is 1. The molecule has 0 unspecified atom stereocenters. The first-order valence-electron chi connectivity index (χ1n) is 7.70. The predicted molar refractivity (Wildman–Crippen MR) is 96.7 cm³/mol. The van der Waals surface area contributed by atoms with E-state index in [9.17, 15) is 4.79 Å². The molecule has 0 spiro atoms. The number of aromatic amines is 1. The fourth-order valence-electron chi connectivity index (χ4n) is 2.56. The Balaban J connectivity index is 2.01. The van der Waals surface area contributed by atoms with Crippen LogP contribution >= 0.6 is 11.6 Å². The summed E-state index contributed by atoms with van der Waals surface area (Å²) >= 11 is 6.03. The van der Waals surface area contributed by atoms with Crippen LogP contribution in [0.15, 0.2) is 35.3 Å². The topological polar surface area (TPSA) is 66.8 Å². The fourth-order valence-corrected chi connectivity index (χ4v) is 2.78. The van der Waals surface area contributed by atoms with Gasteiger partial charge in [-0.25, -0.2) is 4.68 Å². The van der Waals surface area contributed by atoms with Gasteiger partial charge in [-0.1, -0.05) is 23.7 Å². The Labute approximate surface area is 145 Å². The number of nitrogens with zero attached hydrogens (tertiary/aromatic N) is 4. The molecule has 0 radical (unpaired) electrons. The molecule has 0 saturated carbocycles. The summed E-state index contributed by atoms with van der Waals surface area (Å²) in [5, 5.41) is 5.50. The lowest BCUT2D eigenvalue weighted by Gasteiger charge is -2.21. The van der Waals surface area contributed by atoms with E-state index in [1.165, 1.54) is 0 Å². The number of halogens is 1. The molecule has 0 aliphatic carbocycles. The van der Waals surface area contributed by atoms with Crippen molar-refractivity contribution in [1.29, 1.82) is 0 Å². The van der Waals surface area contributed by atoms with E-state index < -0.39 is 0 Å². The molecule has 0 amide bonds. The Morgan fingerprint density at radius 3 is 2.75 bits per heavy atom. The molecule has 0 bridgehead atoms. The van der Waals surface area contributed by atoms with E-state index in [0.717, 1.165) is 5.56 Å². The summed E-state index contributed by atoms with van der Waals surface area (Å²) in [6.45, 7) is 6.66. The average Bonchev–Trinajstić information content (AvgIpc) is 2.91. The molecule has 0 fully saturated rings. The highest BCUT2D eigenvalue weighted by Gasteiger charge is 2.20. The Morgan fingerprint density at radius 2 is 2.08 bits per heavy atom. The minimum absolute atomic E-state index is 0.191. The SMILES string of the molecule is CN(Cc1cccc(Cl)c1)c1nc2c(cnn2C(C)(C)C)c(=O)[nH]1. The van der Waals surface area contributed by atoms with E-state index in [0.29, 0.717) is 28.5 Å². The largest absolute Gasteiger partial charge is 0.341 e. The van der Waals surface area contributed by atoms with Gasteiger partial charge in [0.15, 0.2) is 5.65 Å². The lowest BCUT2D eigenvalue weighted by Crippen LogP contribution is -2.26. The first-order valence-corrected chi connectivity index (χ1v) is 8.07. The Hall–Kier alpha value is -2.34. The van der Waals surface area contributed by atoms with E-state index >= 15 is 0 Å². The van der Waals surface area contributed by atoms with Gasteiger partial charge in [-0.2, -0.15) is 10.1 Å². The van der Waals surface area contributed by atoms with Crippen molar-refractivity contribution in [3.05, 3.63) is 51.4 Å². The summed E-state index contributed by atoms with van der Waals surface area (Å²) in [4.78, 5) is 21.7. The number of fused-ring (bicyclic) bond motifs is 1. The second-order valence-electron chi connectivity index (χ2n) is 6.84. The predicted octanol–water partition coefficient (Wildman–Crippen LogP) is 3.16. The van der Waals surface area contributed by atoms with E-state index in [2.05, 4.69) is 15.1 Å². The van der Waals surface area contributed by atoms with Gasteiger partial charge in [0, 0.05) is 18.6 Å². The number of H-pyrrole nitrogens is 1. The van der Waals surface area contributed by atoms with Gasteiger partial charge < -0.3 is 4.90 Å². The smallest absolute Gasteiger partial charge is 0.263 e. The van der Waals surface area contributed by atoms with Gasteiger partial charge in [-0.15, -0.1) is 0 Å². The molecular formula is C17H20ClN5O. The molecule has 1 N–H and O–H groups in total. The van der Waals surface area contributed by atoms with Crippen LogP contribution in [0.5, 0.6) is 0 Å². The molecule has 7 heteroatoms. The zero-order chi connectivity index (χ0) is 17.5. The normalized spacial score (nSPS) is 11.9. The van der Waals surface area contributed by atoms with E-state index in [1.54, 1.807) is 10.9 Å². The Kier molecular flexibility index (Phi) is 4.09. The van der Waals surface area contributed by atoms with Crippen LogP contribution < -0.4 is 10.5 Å². The second kappa shape index (κ2) is 5.94. The van der Waals surface area contributed by atoms with Crippen molar-refractivity contribution in [3.63, 3.8) is 0 Å². The first-order chi connectivity index (χ1) is 11.3.